The second-order valence-corrected chi connectivity index (χ2v) is 3.84. The molecule has 1 aromatic carbocycles. The highest BCUT2D eigenvalue weighted by atomic mass is 35.5. The van der Waals surface area contributed by atoms with Gasteiger partial charge in [-0.3, -0.25) is 4.79 Å². The topological polar surface area (TPSA) is 59.8 Å². The maximum Gasteiger partial charge on any atom is 0.239 e. The highest BCUT2D eigenvalue weighted by molar-refractivity contribution is 6.33. The molecule has 0 spiro atoms. The number of halogens is 2. The van der Waals surface area contributed by atoms with Crippen molar-refractivity contribution < 1.29 is 4.79 Å². The van der Waals surface area contributed by atoms with E-state index in [-0.39, 0.29) is 11.8 Å². The number of nitrogens with one attached hydrogen (secondary N) is 1. The zero-order valence-electron chi connectivity index (χ0n) is 8.60. The maximum absolute atomic E-state index is 11.3. The molecule has 1 aromatic heterocycles. The quantitative estimate of drug-likeness (QED) is 0.869. The lowest BCUT2D eigenvalue weighted by Gasteiger charge is -2.11. The number of benzene rings is 1. The van der Waals surface area contributed by atoms with Crippen molar-refractivity contribution in [2.45, 2.75) is 0 Å². The fourth-order valence-corrected chi connectivity index (χ4v) is 1.69. The summed E-state index contributed by atoms with van der Waals surface area (Å²) in [4.78, 5) is 11.3. The first kappa shape index (κ1) is 11.9. The number of alkyl halides is 1. The summed E-state index contributed by atoms with van der Waals surface area (Å²) in [5.41, 5.74) is 1.10. The zero-order valence-corrected chi connectivity index (χ0v) is 10.1. The molecule has 0 unspecified atom stereocenters. The summed E-state index contributed by atoms with van der Waals surface area (Å²) in [5.74, 6) is -0.432. The van der Waals surface area contributed by atoms with Gasteiger partial charge in [0.25, 0.3) is 0 Å². The van der Waals surface area contributed by atoms with Gasteiger partial charge in [-0.25, -0.2) is 4.68 Å². The molecule has 0 aliphatic carbocycles. The molecule has 2 aromatic rings. The number of amides is 1. The van der Waals surface area contributed by atoms with E-state index in [4.69, 9.17) is 23.2 Å². The lowest BCUT2D eigenvalue weighted by molar-refractivity contribution is -0.113. The molecule has 1 N–H and O–H groups in total. The van der Waals surface area contributed by atoms with Crippen molar-refractivity contribution in [3.63, 3.8) is 0 Å². The van der Waals surface area contributed by atoms with E-state index < -0.39 is 0 Å². The summed E-state index contributed by atoms with van der Waals surface area (Å²) in [6.45, 7) is 0. The Labute approximate surface area is 107 Å². The zero-order chi connectivity index (χ0) is 12.3. The van der Waals surface area contributed by atoms with E-state index in [0.29, 0.717) is 16.4 Å². The van der Waals surface area contributed by atoms with E-state index >= 15 is 0 Å². The number of para-hydroxylation sites is 1. The Morgan fingerprint density at radius 3 is 2.94 bits per heavy atom. The largest absolute Gasteiger partial charge is 0.323 e. The molecule has 17 heavy (non-hydrogen) atoms. The number of hydrogen-bond donors (Lipinski definition) is 1. The normalized spacial score (nSPS) is 10.2. The Balaban J connectivity index is 2.45. The Morgan fingerprint density at radius 2 is 2.29 bits per heavy atom. The van der Waals surface area contributed by atoms with Crippen LogP contribution in [-0.2, 0) is 4.79 Å². The predicted octanol–water partition coefficient (Wildman–Crippen LogP) is 2.10. The van der Waals surface area contributed by atoms with Crippen LogP contribution in [0.3, 0.4) is 0 Å². The van der Waals surface area contributed by atoms with E-state index in [1.54, 1.807) is 24.4 Å². The van der Waals surface area contributed by atoms with Crippen molar-refractivity contribution in [1.29, 1.82) is 0 Å². The molecule has 0 bridgehead atoms. The molecule has 0 saturated carbocycles. The van der Waals surface area contributed by atoms with Gasteiger partial charge in [-0.1, -0.05) is 22.9 Å². The minimum absolute atomic E-state index is 0.122. The molecular formula is C10H8Cl2N4O. The second-order valence-electron chi connectivity index (χ2n) is 3.17. The van der Waals surface area contributed by atoms with E-state index in [1.807, 2.05) is 0 Å². The van der Waals surface area contributed by atoms with Crippen LogP contribution in [0.5, 0.6) is 0 Å². The standard InChI is InChI=1S/C10H8Cl2N4O/c11-6-9(17)14-8-3-1-2-7(12)10(8)16-5-4-13-15-16/h1-5H,6H2,(H,14,17). The number of anilines is 1. The number of rotatable bonds is 3. The molecule has 1 heterocycles. The number of aromatic nitrogens is 3. The molecular weight excluding hydrogens is 263 g/mol. The van der Waals surface area contributed by atoms with Crippen LogP contribution in [0.25, 0.3) is 5.69 Å². The molecule has 0 saturated heterocycles. The Hall–Kier alpha value is -1.59. The monoisotopic (exact) mass is 270 g/mol. The van der Waals surface area contributed by atoms with Gasteiger partial charge in [0.1, 0.15) is 11.6 Å². The number of carbonyl (C=O) groups excluding carboxylic acids is 1. The van der Waals surface area contributed by atoms with Crippen molar-refractivity contribution in [1.82, 2.24) is 15.0 Å². The third kappa shape index (κ3) is 2.57. The Bertz CT molecular complexity index is 527. The third-order valence-corrected chi connectivity index (χ3v) is 2.58. The van der Waals surface area contributed by atoms with E-state index in [9.17, 15) is 4.79 Å². The van der Waals surface area contributed by atoms with E-state index in [1.165, 1.54) is 10.9 Å². The van der Waals surface area contributed by atoms with Crippen LogP contribution in [0.4, 0.5) is 5.69 Å². The minimum Gasteiger partial charge on any atom is -0.323 e. The van der Waals surface area contributed by atoms with Crippen LogP contribution in [0.15, 0.2) is 30.6 Å². The third-order valence-electron chi connectivity index (χ3n) is 2.03. The first-order valence-corrected chi connectivity index (χ1v) is 5.64. The van der Waals surface area contributed by atoms with Gasteiger partial charge in [-0.2, -0.15) is 0 Å². The Morgan fingerprint density at radius 1 is 1.47 bits per heavy atom. The summed E-state index contributed by atoms with van der Waals surface area (Å²) < 4.78 is 1.48. The second kappa shape index (κ2) is 5.16. The molecule has 0 aliphatic rings. The fraction of sp³-hybridized carbons (Fsp3) is 0.100. The first-order chi connectivity index (χ1) is 8.22. The number of hydrogen-bond acceptors (Lipinski definition) is 3. The lowest BCUT2D eigenvalue weighted by Crippen LogP contribution is -2.15. The van der Waals surface area contributed by atoms with Gasteiger partial charge in [0.15, 0.2) is 0 Å². The van der Waals surface area contributed by atoms with E-state index in [2.05, 4.69) is 15.6 Å². The molecule has 2 rings (SSSR count). The number of nitrogens with zero attached hydrogens (tertiary/aromatic N) is 3. The highest BCUT2D eigenvalue weighted by Crippen LogP contribution is 2.27. The van der Waals surface area contributed by atoms with Crippen molar-refractivity contribution >= 4 is 34.8 Å². The first-order valence-electron chi connectivity index (χ1n) is 4.73. The van der Waals surface area contributed by atoms with Gasteiger partial charge in [0.05, 0.1) is 23.1 Å². The maximum atomic E-state index is 11.3. The van der Waals surface area contributed by atoms with Gasteiger partial charge in [0.2, 0.25) is 5.91 Å². The van der Waals surface area contributed by atoms with Crippen molar-refractivity contribution in [3.8, 4) is 5.69 Å². The highest BCUT2D eigenvalue weighted by Gasteiger charge is 2.11. The van der Waals surface area contributed by atoms with Crippen LogP contribution in [0.2, 0.25) is 5.02 Å². The van der Waals surface area contributed by atoms with Crippen molar-refractivity contribution in [2.24, 2.45) is 0 Å². The molecule has 5 nitrogen and oxygen atoms in total. The summed E-state index contributed by atoms with van der Waals surface area (Å²) in [7, 11) is 0. The molecule has 0 fully saturated rings. The van der Waals surface area contributed by atoms with Gasteiger partial charge in [0, 0.05) is 0 Å². The molecule has 7 heteroatoms. The molecule has 0 atom stereocenters. The van der Waals surface area contributed by atoms with Crippen LogP contribution in [0, 0.1) is 0 Å². The molecule has 0 aliphatic heterocycles. The molecule has 1 amide bonds. The van der Waals surface area contributed by atoms with Gasteiger partial charge in [-0.05, 0) is 12.1 Å². The summed E-state index contributed by atoms with van der Waals surface area (Å²) >= 11 is 11.5. The van der Waals surface area contributed by atoms with Crippen molar-refractivity contribution in [3.05, 3.63) is 35.6 Å². The van der Waals surface area contributed by atoms with Crippen LogP contribution < -0.4 is 5.32 Å². The van der Waals surface area contributed by atoms with Gasteiger partial charge < -0.3 is 5.32 Å². The minimum atomic E-state index is -0.310. The van der Waals surface area contributed by atoms with Gasteiger partial charge in [-0.15, -0.1) is 16.7 Å². The van der Waals surface area contributed by atoms with E-state index in [0.717, 1.165) is 0 Å². The average molecular weight is 271 g/mol. The smallest absolute Gasteiger partial charge is 0.239 e. The SMILES string of the molecule is O=C(CCl)Nc1cccc(Cl)c1-n1ccnn1. The molecule has 0 radical (unpaired) electrons. The Kier molecular flexibility index (Phi) is 3.61. The molecule has 88 valence electrons. The summed E-state index contributed by atoms with van der Waals surface area (Å²) in [6, 6.07) is 5.15. The average Bonchev–Trinajstić information content (AvgIpc) is 2.82. The summed E-state index contributed by atoms with van der Waals surface area (Å²) in [6.07, 6.45) is 3.16. The number of carbonyl (C=O) groups is 1. The van der Waals surface area contributed by atoms with Crippen LogP contribution in [-0.4, -0.2) is 26.8 Å². The van der Waals surface area contributed by atoms with Crippen LogP contribution in [0.1, 0.15) is 0 Å². The lowest BCUT2D eigenvalue weighted by atomic mass is 10.2. The van der Waals surface area contributed by atoms with Gasteiger partial charge >= 0.3 is 0 Å². The van der Waals surface area contributed by atoms with Crippen LogP contribution >= 0.6 is 23.2 Å². The summed E-state index contributed by atoms with van der Waals surface area (Å²) in [5, 5.41) is 10.6. The van der Waals surface area contributed by atoms with Crippen molar-refractivity contribution in [2.75, 3.05) is 11.2 Å². The fourth-order valence-electron chi connectivity index (χ4n) is 1.36. The predicted molar refractivity (Wildman–Crippen MR) is 65.7 cm³/mol.